The molecule has 0 aliphatic heterocycles. The maximum Gasteiger partial charge on any atom is 0.356 e. The fourth-order valence-corrected chi connectivity index (χ4v) is 2.04. The SMILES string of the molecule is Cc1ccc(C(C)(C)C)cc1-c1nccnc1C(=O)O. The van der Waals surface area contributed by atoms with Gasteiger partial charge in [-0.15, -0.1) is 0 Å². The Bertz CT molecular complexity index is 658. The molecule has 104 valence electrons. The van der Waals surface area contributed by atoms with E-state index in [0.717, 1.165) is 16.7 Å². The Balaban J connectivity index is 2.67. The lowest BCUT2D eigenvalue weighted by Crippen LogP contribution is -2.12. The third kappa shape index (κ3) is 2.69. The second kappa shape index (κ2) is 5.04. The van der Waals surface area contributed by atoms with Gasteiger partial charge < -0.3 is 5.11 Å². The van der Waals surface area contributed by atoms with Gasteiger partial charge in [0.15, 0.2) is 5.69 Å². The van der Waals surface area contributed by atoms with Gasteiger partial charge in [0.25, 0.3) is 0 Å². The van der Waals surface area contributed by atoms with Crippen LogP contribution in [0.15, 0.2) is 30.6 Å². The zero-order valence-corrected chi connectivity index (χ0v) is 12.1. The summed E-state index contributed by atoms with van der Waals surface area (Å²) in [5, 5.41) is 9.24. The summed E-state index contributed by atoms with van der Waals surface area (Å²) in [4.78, 5) is 19.4. The second-order valence-electron chi connectivity index (χ2n) is 5.84. The summed E-state index contributed by atoms with van der Waals surface area (Å²) in [5.74, 6) is -1.06. The first-order valence-electron chi connectivity index (χ1n) is 6.46. The van der Waals surface area contributed by atoms with Crippen LogP contribution in [0, 0.1) is 6.92 Å². The van der Waals surface area contributed by atoms with Crippen LogP contribution in [-0.2, 0) is 5.41 Å². The Kier molecular flexibility index (Phi) is 3.57. The van der Waals surface area contributed by atoms with Crippen LogP contribution in [0.5, 0.6) is 0 Å². The molecule has 0 amide bonds. The molecule has 0 aliphatic carbocycles. The van der Waals surface area contributed by atoms with Gasteiger partial charge in [-0.2, -0.15) is 0 Å². The third-order valence-electron chi connectivity index (χ3n) is 3.26. The molecule has 0 unspecified atom stereocenters. The minimum absolute atomic E-state index is 0.00591. The fraction of sp³-hybridized carbons (Fsp3) is 0.312. The predicted molar refractivity (Wildman–Crippen MR) is 77.9 cm³/mol. The molecule has 0 bridgehead atoms. The van der Waals surface area contributed by atoms with Crippen molar-refractivity contribution in [3.8, 4) is 11.3 Å². The van der Waals surface area contributed by atoms with Gasteiger partial charge in [0, 0.05) is 18.0 Å². The van der Waals surface area contributed by atoms with Crippen molar-refractivity contribution in [1.29, 1.82) is 0 Å². The maximum atomic E-state index is 11.3. The molecule has 0 radical (unpaired) electrons. The van der Waals surface area contributed by atoms with Crippen molar-refractivity contribution in [2.24, 2.45) is 0 Å². The summed E-state index contributed by atoms with van der Waals surface area (Å²) in [6.45, 7) is 8.31. The molecule has 20 heavy (non-hydrogen) atoms. The molecule has 1 N–H and O–H groups in total. The zero-order chi connectivity index (χ0) is 14.9. The molecule has 1 aromatic heterocycles. The van der Waals surface area contributed by atoms with Crippen molar-refractivity contribution >= 4 is 5.97 Å². The predicted octanol–water partition coefficient (Wildman–Crippen LogP) is 3.45. The molecule has 0 fully saturated rings. The lowest BCUT2D eigenvalue weighted by molar-refractivity contribution is 0.0691. The van der Waals surface area contributed by atoms with Gasteiger partial charge in [-0.25, -0.2) is 9.78 Å². The Morgan fingerprint density at radius 3 is 2.40 bits per heavy atom. The van der Waals surface area contributed by atoms with Crippen LogP contribution >= 0.6 is 0 Å². The van der Waals surface area contributed by atoms with E-state index in [0.29, 0.717) is 5.69 Å². The van der Waals surface area contributed by atoms with Crippen LogP contribution in [0.1, 0.15) is 42.4 Å². The lowest BCUT2D eigenvalue weighted by Gasteiger charge is -2.21. The summed E-state index contributed by atoms with van der Waals surface area (Å²) in [6, 6.07) is 6.07. The van der Waals surface area contributed by atoms with E-state index in [1.54, 1.807) is 0 Å². The normalized spacial score (nSPS) is 11.4. The molecule has 2 aromatic rings. The van der Waals surface area contributed by atoms with Crippen molar-refractivity contribution in [3.63, 3.8) is 0 Å². The first kappa shape index (κ1) is 14.2. The number of rotatable bonds is 2. The van der Waals surface area contributed by atoms with E-state index in [-0.39, 0.29) is 11.1 Å². The van der Waals surface area contributed by atoms with Gasteiger partial charge in [-0.1, -0.05) is 32.9 Å². The molecule has 0 aliphatic rings. The maximum absolute atomic E-state index is 11.3. The van der Waals surface area contributed by atoms with E-state index >= 15 is 0 Å². The first-order chi connectivity index (χ1) is 9.30. The van der Waals surface area contributed by atoms with Crippen molar-refractivity contribution in [2.45, 2.75) is 33.1 Å². The lowest BCUT2D eigenvalue weighted by atomic mass is 9.84. The smallest absolute Gasteiger partial charge is 0.356 e. The fourth-order valence-electron chi connectivity index (χ4n) is 2.04. The van der Waals surface area contributed by atoms with E-state index in [1.165, 1.54) is 12.4 Å². The molecule has 0 atom stereocenters. The summed E-state index contributed by atoms with van der Waals surface area (Å²) in [6.07, 6.45) is 2.92. The third-order valence-corrected chi connectivity index (χ3v) is 3.26. The topological polar surface area (TPSA) is 63.1 Å². The number of carbonyl (C=O) groups is 1. The molecule has 4 heteroatoms. The van der Waals surface area contributed by atoms with E-state index < -0.39 is 5.97 Å². The number of hydrogen-bond acceptors (Lipinski definition) is 3. The van der Waals surface area contributed by atoms with E-state index in [4.69, 9.17) is 0 Å². The molecule has 4 nitrogen and oxygen atoms in total. The minimum atomic E-state index is -1.06. The number of aromatic carboxylic acids is 1. The standard InChI is InChI=1S/C16H18N2O2/c1-10-5-6-11(16(2,3)4)9-12(10)13-14(15(19)20)18-8-7-17-13/h5-9H,1-4H3,(H,19,20). The number of nitrogens with zero attached hydrogens (tertiary/aromatic N) is 2. The molecular formula is C16H18N2O2. The molecule has 2 rings (SSSR count). The number of hydrogen-bond donors (Lipinski definition) is 1. The van der Waals surface area contributed by atoms with Gasteiger partial charge in [-0.3, -0.25) is 4.98 Å². The minimum Gasteiger partial charge on any atom is -0.476 e. The molecule has 1 aromatic carbocycles. The number of carboxylic acid groups (broad SMARTS) is 1. The van der Waals surface area contributed by atoms with Gasteiger partial charge in [0.05, 0.1) is 0 Å². The number of aromatic nitrogens is 2. The summed E-state index contributed by atoms with van der Waals surface area (Å²) < 4.78 is 0. The largest absolute Gasteiger partial charge is 0.476 e. The van der Waals surface area contributed by atoms with Gasteiger partial charge >= 0.3 is 5.97 Å². The Hall–Kier alpha value is -2.23. The summed E-state index contributed by atoms with van der Waals surface area (Å²) in [7, 11) is 0. The van der Waals surface area contributed by atoms with E-state index in [1.807, 2.05) is 19.1 Å². The van der Waals surface area contributed by atoms with Crippen molar-refractivity contribution < 1.29 is 9.90 Å². The highest BCUT2D eigenvalue weighted by Gasteiger charge is 2.19. The number of benzene rings is 1. The van der Waals surface area contributed by atoms with Crippen LogP contribution < -0.4 is 0 Å². The number of carboxylic acids is 1. The Labute approximate surface area is 118 Å². The Morgan fingerprint density at radius 2 is 1.80 bits per heavy atom. The number of aryl methyl sites for hydroxylation is 1. The van der Waals surface area contributed by atoms with Gasteiger partial charge in [-0.05, 0) is 29.5 Å². The zero-order valence-electron chi connectivity index (χ0n) is 12.1. The van der Waals surface area contributed by atoms with E-state index in [9.17, 15) is 9.90 Å². The highest BCUT2D eigenvalue weighted by Crippen LogP contribution is 2.30. The van der Waals surface area contributed by atoms with Crippen LogP contribution in [-0.4, -0.2) is 21.0 Å². The van der Waals surface area contributed by atoms with Crippen LogP contribution in [0.2, 0.25) is 0 Å². The Morgan fingerprint density at radius 1 is 1.15 bits per heavy atom. The second-order valence-corrected chi connectivity index (χ2v) is 5.84. The highest BCUT2D eigenvalue weighted by molar-refractivity contribution is 5.93. The van der Waals surface area contributed by atoms with Crippen molar-refractivity contribution in [3.05, 3.63) is 47.4 Å². The first-order valence-corrected chi connectivity index (χ1v) is 6.46. The van der Waals surface area contributed by atoms with Gasteiger partial charge in [0.2, 0.25) is 0 Å². The van der Waals surface area contributed by atoms with Crippen molar-refractivity contribution in [2.75, 3.05) is 0 Å². The molecule has 0 saturated heterocycles. The average Bonchev–Trinajstić information content (AvgIpc) is 2.38. The van der Waals surface area contributed by atoms with Crippen LogP contribution in [0.25, 0.3) is 11.3 Å². The van der Waals surface area contributed by atoms with Crippen LogP contribution in [0.3, 0.4) is 0 Å². The molecule has 1 heterocycles. The van der Waals surface area contributed by atoms with Gasteiger partial charge in [0.1, 0.15) is 5.69 Å². The summed E-state index contributed by atoms with van der Waals surface area (Å²) >= 11 is 0. The monoisotopic (exact) mass is 270 g/mol. The molecule has 0 spiro atoms. The average molecular weight is 270 g/mol. The summed E-state index contributed by atoms with van der Waals surface area (Å²) in [5.41, 5.74) is 3.35. The van der Waals surface area contributed by atoms with Crippen LogP contribution in [0.4, 0.5) is 0 Å². The molecule has 0 saturated carbocycles. The quantitative estimate of drug-likeness (QED) is 0.907. The van der Waals surface area contributed by atoms with Crippen molar-refractivity contribution in [1.82, 2.24) is 9.97 Å². The highest BCUT2D eigenvalue weighted by atomic mass is 16.4. The van der Waals surface area contributed by atoms with E-state index in [2.05, 4.69) is 36.8 Å². The molecular weight excluding hydrogens is 252 g/mol.